The molecule has 16 heavy (non-hydrogen) atoms. The summed E-state index contributed by atoms with van der Waals surface area (Å²) < 4.78 is 22.3. The van der Waals surface area contributed by atoms with Gasteiger partial charge < -0.3 is 30.2 Å². The summed E-state index contributed by atoms with van der Waals surface area (Å²) in [7, 11) is -3.61. The van der Waals surface area contributed by atoms with E-state index in [0.29, 0.717) is 10.9 Å². The molecule has 1 aromatic carbocycles. The summed E-state index contributed by atoms with van der Waals surface area (Å²) in [6.45, 7) is 0.636. The van der Waals surface area contributed by atoms with Gasteiger partial charge in [0.15, 0.2) is 0 Å². The molecule has 3 N–H and O–H groups in total. The van der Waals surface area contributed by atoms with E-state index in [2.05, 4.69) is 30.2 Å². The normalized spacial score (nSPS) is 11.1. The third-order valence-corrected chi connectivity index (χ3v) is 3.15. The van der Waals surface area contributed by atoms with Crippen LogP contribution in [-0.2, 0) is 29.1 Å². The lowest BCUT2D eigenvalue weighted by molar-refractivity contribution is 0.598. The molecule has 0 amide bonds. The quantitative estimate of drug-likeness (QED) is 0.611. The average molecular weight is 275 g/mol. The summed E-state index contributed by atoms with van der Waals surface area (Å²) in [5.41, 5.74) is 0.992. The summed E-state index contributed by atoms with van der Waals surface area (Å²) in [6, 6.07) is 6.40. The third kappa shape index (κ3) is 4.40. The molecule has 1 rings (SSSR count). The monoisotopic (exact) mass is 275 g/mol. The van der Waals surface area contributed by atoms with Crippen LogP contribution in [0.25, 0.3) is 0 Å². The van der Waals surface area contributed by atoms with Crippen LogP contribution in [0.2, 0.25) is 0 Å². The van der Waals surface area contributed by atoms with Gasteiger partial charge in [0, 0.05) is 6.54 Å². The molecule has 0 saturated heterocycles. The molecule has 0 saturated carbocycles. The molecule has 0 fully saturated rings. The smallest absolute Gasteiger partial charge is 0.238 e. The Kier molecular flexibility index (Phi) is 4.60. The average Bonchev–Trinajstić information content (AvgIpc) is 2.16. The maximum Gasteiger partial charge on any atom is 0.238 e. The number of rotatable bonds is 4. The van der Waals surface area contributed by atoms with Gasteiger partial charge in [-0.15, -0.1) is 0 Å². The predicted octanol–water partition coefficient (Wildman–Crippen LogP) is 0.298. The highest BCUT2D eigenvalue weighted by Gasteiger charge is 2.06. The van der Waals surface area contributed by atoms with E-state index >= 15 is 0 Å². The molecule has 7 heteroatoms. The van der Waals surface area contributed by atoms with Crippen molar-refractivity contribution in [1.29, 1.82) is 0 Å². The molecule has 0 atom stereocenters. The van der Waals surface area contributed by atoms with Crippen LogP contribution in [0.1, 0.15) is 5.56 Å². The van der Waals surface area contributed by atoms with Gasteiger partial charge in [-0.2, -0.15) is 0 Å². The standard InChI is InChI=1S/C9H12N2O2S3/c10-16(12,13)8-3-1-7(2-4-8)5-6-11-9(14)15/h1-4H,5-6H2,(H2,10,12,13)(H2,11,14,15)/p-1. The summed E-state index contributed by atoms with van der Waals surface area (Å²) in [5, 5.41) is 7.82. The molecule has 1 aromatic rings. The molecule has 0 bridgehead atoms. The highest BCUT2D eigenvalue weighted by molar-refractivity contribution is 8.00. The maximum absolute atomic E-state index is 11.0. The topological polar surface area (TPSA) is 72.2 Å². The fraction of sp³-hybridized carbons (Fsp3) is 0.222. The van der Waals surface area contributed by atoms with E-state index in [9.17, 15) is 8.42 Å². The molecule has 88 valence electrons. The zero-order chi connectivity index (χ0) is 12.2. The van der Waals surface area contributed by atoms with Crippen LogP contribution in [0.15, 0.2) is 29.2 Å². The minimum atomic E-state index is -3.61. The number of benzene rings is 1. The van der Waals surface area contributed by atoms with Crippen molar-refractivity contribution in [3.05, 3.63) is 29.8 Å². The molecule has 0 spiro atoms. The van der Waals surface area contributed by atoms with Crippen molar-refractivity contribution in [3.8, 4) is 0 Å². The third-order valence-electron chi connectivity index (χ3n) is 1.93. The predicted molar refractivity (Wildman–Crippen MR) is 69.5 cm³/mol. The first-order valence-corrected chi connectivity index (χ1v) is 6.82. The molecule has 0 unspecified atom stereocenters. The van der Waals surface area contributed by atoms with Gasteiger partial charge in [-0.3, -0.25) is 0 Å². The number of primary sulfonamides is 1. The Labute approximate surface area is 106 Å². The molecular formula is C9H11N2O2S3-. The molecule has 4 nitrogen and oxygen atoms in total. The first-order valence-electron chi connectivity index (χ1n) is 4.46. The number of nitrogens with one attached hydrogen (secondary N) is 1. The highest BCUT2D eigenvalue weighted by atomic mass is 32.2. The molecule has 0 aliphatic rings. The van der Waals surface area contributed by atoms with E-state index in [1.54, 1.807) is 12.1 Å². The van der Waals surface area contributed by atoms with Crippen molar-refractivity contribution in [2.75, 3.05) is 6.54 Å². The fourth-order valence-corrected chi connectivity index (χ4v) is 1.87. The molecule has 0 heterocycles. The van der Waals surface area contributed by atoms with Crippen molar-refractivity contribution in [2.45, 2.75) is 11.3 Å². The van der Waals surface area contributed by atoms with E-state index < -0.39 is 10.0 Å². The summed E-state index contributed by atoms with van der Waals surface area (Å²) >= 11 is 9.38. The Morgan fingerprint density at radius 2 is 1.94 bits per heavy atom. The van der Waals surface area contributed by atoms with Crippen molar-refractivity contribution >= 4 is 39.2 Å². The van der Waals surface area contributed by atoms with Crippen LogP contribution in [0, 0.1) is 0 Å². The minimum Gasteiger partial charge on any atom is -0.412 e. The Morgan fingerprint density at radius 3 is 2.38 bits per heavy atom. The van der Waals surface area contributed by atoms with Gasteiger partial charge in [0.25, 0.3) is 0 Å². The molecule has 0 aliphatic carbocycles. The Bertz CT molecular complexity index is 468. The largest absolute Gasteiger partial charge is 0.412 e. The molecular weight excluding hydrogens is 264 g/mol. The lowest BCUT2D eigenvalue weighted by Gasteiger charge is -2.09. The zero-order valence-corrected chi connectivity index (χ0v) is 10.8. The van der Waals surface area contributed by atoms with E-state index in [1.165, 1.54) is 12.1 Å². The van der Waals surface area contributed by atoms with Gasteiger partial charge in [0.05, 0.1) is 4.90 Å². The van der Waals surface area contributed by atoms with Crippen LogP contribution < -0.4 is 10.5 Å². The first-order chi connectivity index (χ1) is 7.39. The highest BCUT2D eigenvalue weighted by Crippen LogP contribution is 2.08. The van der Waals surface area contributed by atoms with Crippen LogP contribution in [0.4, 0.5) is 0 Å². The van der Waals surface area contributed by atoms with Crippen LogP contribution in [-0.4, -0.2) is 19.3 Å². The lowest BCUT2D eigenvalue weighted by atomic mass is 10.1. The zero-order valence-electron chi connectivity index (χ0n) is 8.34. The second kappa shape index (κ2) is 5.53. The number of nitrogens with two attached hydrogens (primary N) is 1. The Morgan fingerprint density at radius 1 is 1.38 bits per heavy atom. The first kappa shape index (κ1) is 13.3. The van der Waals surface area contributed by atoms with Crippen LogP contribution >= 0.6 is 12.2 Å². The number of thiocarbonyl (C=S) groups is 1. The van der Waals surface area contributed by atoms with Crippen LogP contribution in [0.5, 0.6) is 0 Å². The maximum atomic E-state index is 11.0. The van der Waals surface area contributed by atoms with Gasteiger partial charge in [0.2, 0.25) is 10.0 Å². The van der Waals surface area contributed by atoms with Gasteiger partial charge in [-0.25, -0.2) is 13.6 Å². The van der Waals surface area contributed by atoms with Crippen molar-refractivity contribution in [3.63, 3.8) is 0 Å². The molecule has 0 aliphatic heterocycles. The summed E-state index contributed by atoms with van der Waals surface area (Å²) in [5.74, 6) is 0. The Hall–Kier alpha value is -0.760. The SMILES string of the molecule is NS(=O)(=O)c1ccc(CCNC(=S)[S-])cc1. The lowest BCUT2D eigenvalue weighted by Crippen LogP contribution is -2.21. The second-order valence-corrected chi connectivity index (χ2v) is 5.79. The second-order valence-electron chi connectivity index (χ2n) is 3.15. The fourth-order valence-electron chi connectivity index (χ4n) is 1.15. The van der Waals surface area contributed by atoms with Crippen molar-refractivity contribution < 1.29 is 8.42 Å². The van der Waals surface area contributed by atoms with E-state index in [-0.39, 0.29) is 4.90 Å². The van der Waals surface area contributed by atoms with Gasteiger partial charge in [-0.1, -0.05) is 16.5 Å². The van der Waals surface area contributed by atoms with E-state index in [4.69, 9.17) is 5.14 Å². The van der Waals surface area contributed by atoms with Gasteiger partial charge in [0.1, 0.15) is 0 Å². The molecule has 0 aromatic heterocycles. The molecule has 0 radical (unpaired) electrons. The number of hydrogen-bond acceptors (Lipinski definition) is 4. The van der Waals surface area contributed by atoms with Gasteiger partial charge >= 0.3 is 0 Å². The Balaban J connectivity index is 2.62. The van der Waals surface area contributed by atoms with Gasteiger partial charge in [-0.05, 0) is 24.1 Å². The van der Waals surface area contributed by atoms with E-state index in [0.717, 1.165) is 12.0 Å². The van der Waals surface area contributed by atoms with Crippen LogP contribution in [0.3, 0.4) is 0 Å². The van der Waals surface area contributed by atoms with Crippen molar-refractivity contribution in [2.24, 2.45) is 5.14 Å². The summed E-state index contributed by atoms with van der Waals surface area (Å²) in [6.07, 6.45) is 0.724. The van der Waals surface area contributed by atoms with E-state index in [1.807, 2.05) is 0 Å². The number of sulfonamides is 1. The minimum absolute atomic E-state index is 0.114. The summed E-state index contributed by atoms with van der Waals surface area (Å²) in [4.78, 5) is 0.114. The van der Waals surface area contributed by atoms with Crippen molar-refractivity contribution in [1.82, 2.24) is 5.32 Å². The number of hydrogen-bond donors (Lipinski definition) is 2.